The first-order chi connectivity index (χ1) is 14.7. The Labute approximate surface area is 176 Å². The van der Waals surface area contributed by atoms with Gasteiger partial charge in [-0.1, -0.05) is 0 Å². The third-order valence-electron chi connectivity index (χ3n) is 4.01. The van der Waals surface area contributed by atoms with E-state index in [1.165, 1.54) is 13.2 Å². The summed E-state index contributed by atoms with van der Waals surface area (Å²) in [6.45, 7) is 3.41. The lowest BCUT2D eigenvalue weighted by molar-refractivity contribution is -0.134. The highest BCUT2D eigenvalue weighted by Gasteiger charge is 2.24. The summed E-state index contributed by atoms with van der Waals surface area (Å²) in [4.78, 5) is 47.7. The first kappa shape index (κ1) is 21.6. The molecule has 0 spiro atoms. The van der Waals surface area contributed by atoms with Crippen molar-refractivity contribution in [3.05, 3.63) is 46.6 Å². The molecule has 0 unspecified atom stereocenters. The highest BCUT2D eigenvalue weighted by Crippen LogP contribution is 2.42. The average molecular weight is 426 g/mol. The van der Waals surface area contributed by atoms with Crippen LogP contribution >= 0.6 is 0 Å². The first-order valence-corrected chi connectivity index (χ1v) is 9.04. The quantitative estimate of drug-likeness (QED) is 0.447. The van der Waals surface area contributed by atoms with Crippen LogP contribution in [0.2, 0.25) is 0 Å². The molecule has 0 radical (unpaired) electrons. The SMILES string of the molecule is COc1ccc(-c2cc(=O)c3c(OC(C)=O)cc(OC(C)=O)c(OC(C)=O)c3o2)cc1. The molecular weight excluding hydrogens is 408 g/mol. The molecule has 1 aromatic heterocycles. The molecule has 0 saturated carbocycles. The van der Waals surface area contributed by atoms with Crippen LogP contribution in [0, 0.1) is 0 Å². The molecule has 160 valence electrons. The Morgan fingerprint density at radius 2 is 1.39 bits per heavy atom. The van der Waals surface area contributed by atoms with E-state index in [0.29, 0.717) is 11.3 Å². The second-order valence-electron chi connectivity index (χ2n) is 6.39. The number of carbonyl (C=O) groups excluding carboxylic acids is 3. The van der Waals surface area contributed by atoms with Gasteiger partial charge in [-0.3, -0.25) is 19.2 Å². The molecule has 0 aliphatic rings. The van der Waals surface area contributed by atoms with Crippen LogP contribution in [-0.2, 0) is 14.4 Å². The van der Waals surface area contributed by atoms with Crippen molar-refractivity contribution in [2.75, 3.05) is 7.11 Å². The maximum Gasteiger partial charge on any atom is 0.308 e. The summed E-state index contributed by atoms with van der Waals surface area (Å²) in [5.41, 5.74) is -0.255. The molecule has 0 N–H and O–H groups in total. The Kier molecular flexibility index (Phi) is 6.05. The second-order valence-corrected chi connectivity index (χ2v) is 6.39. The lowest BCUT2D eigenvalue weighted by atomic mass is 10.1. The molecule has 1 heterocycles. The van der Waals surface area contributed by atoms with Gasteiger partial charge in [0.1, 0.15) is 22.6 Å². The van der Waals surface area contributed by atoms with Gasteiger partial charge in [-0.2, -0.15) is 0 Å². The molecule has 9 heteroatoms. The molecule has 3 aromatic rings. The van der Waals surface area contributed by atoms with Gasteiger partial charge in [0.2, 0.25) is 5.75 Å². The highest BCUT2D eigenvalue weighted by molar-refractivity contribution is 5.95. The second kappa shape index (κ2) is 8.70. The number of hydrogen-bond acceptors (Lipinski definition) is 9. The highest BCUT2D eigenvalue weighted by atomic mass is 16.6. The number of benzene rings is 2. The molecule has 0 saturated heterocycles. The first-order valence-electron chi connectivity index (χ1n) is 9.04. The van der Waals surface area contributed by atoms with Crippen molar-refractivity contribution in [2.45, 2.75) is 20.8 Å². The van der Waals surface area contributed by atoms with E-state index in [4.69, 9.17) is 23.4 Å². The predicted molar refractivity (Wildman–Crippen MR) is 108 cm³/mol. The Balaban J connectivity index is 2.36. The van der Waals surface area contributed by atoms with Gasteiger partial charge in [-0.05, 0) is 24.3 Å². The largest absolute Gasteiger partial charge is 0.497 e. The van der Waals surface area contributed by atoms with E-state index in [-0.39, 0.29) is 34.0 Å². The molecule has 31 heavy (non-hydrogen) atoms. The number of methoxy groups -OCH3 is 1. The maximum atomic E-state index is 12.9. The van der Waals surface area contributed by atoms with Crippen molar-refractivity contribution in [2.24, 2.45) is 0 Å². The zero-order chi connectivity index (χ0) is 22.7. The molecule has 2 aromatic carbocycles. The van der Waals surface area contributed by atoms with Crippen molar-refractivity contribution in [3.8, 4) is 34.3 Å². The lowest BCUT2D eigenvalue weighted by Gasteiger charge is -2.14. The normalized spacial score (nSPS) is 10.5. The summed E-state index contributed by atoms with van der Waals surface area (Å²) >= 11 is 0. The van der Waals surface area contributed by atoms with Crippen LogP contribution in [0.15, 0.2) is 45.6 Å². The molecule has 0 aliphatic carbocycles. The van der Waals surface area contributed by atoms with Crippen LogP contribution in [0.5, 0.6) is 23.0 Å². The summed E-state index contributed by atoms with van der Waals surface area (Å²) in [6, 6.07) is 9.00. The fourth-order valence-electron chi connectivity index (χ4n) is 2.86. The minimum Gasteiger partial charge on any atom is -0.497 e. The zero-order valence-electron chi connectivity index (χ0n) is 17.1. The van der Waals surface area contributed by atoms with Crippen molar-refractivity contribution in [1.29, 1.82) is 0 Å². The van der Waals surface area contributed by atoms with Gasteiger partial charge in [-0.25, -0.2) is 0 Å². The van der Waals surface area contributed by atoms with Gasteiger partial charge in [0, 0.05) is 38.5 Å². The molecule has 0 amide bonds. The number of fused-ring (bicyclic) bond motifs is 1. The Morgan fingerprint density at radius 1 is 0.806 bits per heavy atom. The van der Waals surface area contributed by atoms with E-state index < -0.39 is 23.3 Å². The third-order valence-corrected chi connectivity index (χ3v) is 4.01. The van der Waals surface area contributed by atoms with Crippen LogP contribution in [0.3, 0.4) is 0 Å². The smallest absolute Gasteiger partial charge is 0.308 e. The molecule has 0 atom stereocenters. The number of rotatable bonds is 5. The van der Waals surface area contributed by atoms with Gasteiger partial charge >= 0.3 is 17.9 Å². The fourth-order valence-corrected chi connectivity index (χ4v) is 2.86. The third kappa shape index (κ3) is 4.72. The number of carbonyl (C=O) groups is 3. The zero-order valence-corrected chi connectivity index (χ0v) is 17.1. The Hall–Kier alpha value is -4.14. The number of hydrogen-bond donors (Lipinski definition) is 0. The Morgan fingerprint density at radius 3 is 1.94 bits per heavy atom. The summed E-state index contributed by atoms with van der Waals surface area (Å²) < 4.78 is 26.4. The monoisotopic (exact) mass is 426 g/mol. The van der Waals surface area contributed by atoms with Crippen LogP contribution < -0.4 is 24.4 Å². The number of esters is 3. The standard InChI is InChI=1S/C22H18O9/c1-11(23)28-18-10-19(29-12(2)24)21(30-13(3)25)22-20(18)16(26)9-17(31-22)14-5-7-15(27-4)8-6-14/h5-10H,1-4H3. The molecule has 9 nitrogen and oxygen atoms in total. The number of ether oxygens (including phenoxy) is 4. The van der Waals surface area contributed by atoms with Crippen LogP contribution in [0.4, 0.5) is 0 Å². The molecule has 3 rings (SSSR count). The van der Waals surface area contributed by atoms with Crippen molar-refractivity contribution >= 4 is 28.9 Å². The van der Waals surface area contributed by atoms with Gasteiger partial charge in [0.15, 0.2) is 16.8 Å². The van der Waals surface area contributed by atoms with Gasteiger partial charge < -0.3 is 23.4 Å². The van der Waals surface area contributed by atoms with E-state index in [9.17, 15) is 19.2 Å². The molecule has 0 fully saturated rings. The Bertz CT molecular complexity index is 1240. The van der Waals surface area contributed by atoms with Gasteiger partial charge in [0.05, 0.1) is 7.11 Å². The van der Waals surface area contributed by atoms with Crippen molar-refractivity contribution in [3.63, 3.8) is 0 Å². The van der Waals surface area contributed by atoms with Crippen molar-refractivity contribution < 1.29 is 37.7 Å². The van der Waals surface area contributed by atoms with Gasteiger partial charge in [-0.15, -0.1) is 0 Å². The van der Waals surface area contributed by atoms with E-state index in [0.717, 1.165) is 26.8 Å². The fraction of sp³-hybridized carbons (Fsp3) is 0.182. The minimum absolute atomic E-state index is 0.141. The summed E-state index contributed by atoms with van der Waals surface area (Å²) in [5, 5.41) is -0.153. The summed E-state index contributed by atoms with van der Waals surface area (Å²) in [6.07, 6.45) is 0. The van der Waals surface area contributed by atoms with Crippen LogP contribution in [0.25, 0.3) is 22.3 Å². The van der Waals surface area contributed by atoms with Gasteiger partial charge in [0.25, 0.3) is 0 Å². The predicted octanol–water partition coefficient (Wildman–Crippen LogP) is 3.24. The minimum atomic E-state index is -0.743. The molecule has 0 bridgehead atoms. The topological polar surface area (TPSA) is 118 Å². The van der Waals surface area contributed by atoms with E-state index in [2.05, 4.69) is 0 Å². The summed E-state index contributed by atoms with van der Waals surface area (Å²) in [5.74, 6) is -2.19. The van der Waals surface area contributed by atoms with Crippen molar-refractivity contribution in [1.82, 2.24) is 0 Å². The summed E-state index contributed by atoms with van der Waals surface area (Å²) in [7, 11) is 1.52. The van der Waals surface area contributed by atoms with E-state index >= 15 is 0 Å². The molecule has 0 aliphatic heterocycles. The van der Waals surface area contributed by atoms with E-state index in [1.54, 1.807) is 24.3 Å². The molecular formula is C22H18O9. The van der Waals surface area contributed by atoms with Crippen LogP contribution in [0.1, 0.15) is 20.8 Å². The maximum absolute atomic E-state index is 12.9. The van der Waals surface area contributed by atoms with E-state index in [1.807, 2.05) is 0 Å². The van der Waals surface area contributed by atoms with Crippen LogP contribution in [-0.4, -0.2) is 25.0 Å². The lowest BCUT2D eigenvalue weighted by Crippen LogP contribution is -2.12. The average Bonchev–Trinajstić information content (AvgIpc) is 2.69.